The first-order valence-corrected chi connectivity index (χ1v) is 6.14. The van der Waals surface area contributed by atoms with Crippen molar-refractivity contribution in [2.45, 2.75) is 12.3 Å². The molecule has 1 aromatic carbocycles. The lowest BCUT2D eigenvalue weighted by Gasteiger charge is -2.12. The van der Waals surface area contributed by atoms with Gasteiger partial charge in [-0.05, 0) is 16.8 Å². The van der Waals surface area contributed by atoms with E-state index in [1.165, 1.54) is 11.3 Å². The second kappa shape index (κ2) is 5.26. The van der Waals surface area contributed by atoms with Crippen molar-refractivity contribution in [3.05, 3.63) is 35.2 Å². The smallest absolute Gasteiger partial charge is 0.386 e. The number of halogens is 3. The number of benzene rings is 1. The zero-order chi connectivity index (χ0) is 13.2. The molecule has 0 saturated carbocycles. The first-order valence-electron chi connectivity index (χ1n) is 5.26. The molecule has 18 heavy (non-hydrogen) atoms. The number of rotatable bonds is 4. The standard InChI is InChI=1S/C12H11F3O2S/c13-12(14,15)7-17-5-10(16)9-6-18-11-4-2-1-3-8(9)11/h1-4,6,10,16H,5,7H2. The number of fused-ring (bicyclic) bond motifs is 1. The number of ether oxygens (including phenoxy) is 1. The molecule has 0 spiro atoms. The summed E-state index contributed by atoms with van der Waals surface area (Å²) in [4.78, 5) is 0. The molecule has 1 atom stereocenters. The van der Waals surface area contributed by atoms with Crippen molar-refractivity contribution in [3.8, 4) is 0 Å². The highest BCUT2D eigenvalue weighted by Crippen LogP contribution is 2.30. The molecule has 1 aromatic heterocycles. The van der Waals surface area contributed by atoms with Crippen LogP contribution in [0.25, 0.3) is 10.1 Å². The van der Waals surface area contributed by atoms with E-state index < -0.39 is 18.9 Å². The molecule has 0 amide bonds. The third kappa shape index (κ3) is 3.22. The number of aliphatic hydroxyl groups excluding tert-OH is 1. The van der Waals surface area contributed by atoms with Crippen molar-refractivity contribution >= 4 is 21.4 Å². The highest BCUT2D eigenvalue weighted by molar-refractivity contribution is 7.17. The van der Waals surface area contributed by atoms with Crippen LogP contribution in [0.15, 0.2) is 29.6 Å². The normalized spacial score (nSPS) is 14.0. The molecule has 2 nitrogen and oxygen atoms in total. The predicted molar refractivity (Wildman–Crippen MR) is 63.7 cm³/mol. The molecule has 1 N–H and O–H groups in total. The summed E-state index contributed by atoms with van der Waals surface area (Å²) in [6.45, 7) is -1.70. The van der Waals surface area contributed by atoms with E-state index in [-0.39, 0.29) is 6.61 Å². The lowest BCUT2D eigenvalue weighted by molar-refractivity contribution is -0.179. The molecule has 2 aromatic rings. The van der Waals surface area contributed by atoms with E-state index in [1.54, 1.807) is 5.38 Å². The van der Waals surface area contributed by atoms with Crippen LogP contribution >= 0.6 is 11.3 Å². The van der Waals surface area contributed by atoms with Gasteiger partial charge >= 0.3 is 6.18 Å². The van der Waals surface area contributed by atoms with Gasteiger partial charge in [0.1, 0.15) is 12.7 Å². The molecule has 0 aliphatic heterocycles. The number of hydrogen-bond acceptors (Lipinski definition) is 3. The lowest BCUT2D eigenvalue weighted by Crippen LogP contribution is -2.19. The van der Waals surface area contributed by atoms with Crippen molar-refractivity contribution in [2.75, 3.05) is 13.2 Å². The average molecular weight is 276 g/mol. The molecule has 1 heterocycles. The zero-order valence-corrected chi connectivity index (χ0v) is 10.1. The number of hydrogen-bond donors (Lipinski definition) is 1. The summed E-state index contributed by atoms with van der Waals surface area (Å²) in [5.41, 5.74) is 0.609. The summed E-state index contributed by atoms with van der Waals surface area (Å²) in [5, 5.41) is 12.4. The van der Waals surface area contributed by atoms with Crippen LogP contribution in [0.2, 0.25) is 0 Å². The van der Waals surface area contributed by atoms with Gasteiger partial charge in [0.25, 0.3) is 0 Å². The first kappa shape index (κ1) is 13.3. The summed E-state index contributed by atoms with van der Waals surface area (Å²) < 4.78 is 41.1. The van der Waals surface area contributed by atoms with Crippen molar-refractivity contribution in [1.82, 2.24) is 0 Å². The van der Waals surface area contributed by atoms with Gasteiger partial charge in [-0.2, -0.15) is 13.2 Å². The molecule has 1 unspecified atom stereocenters. The molecule has 0 radical (unpaired) electrons. The first-order chi connectivity index (χ1) is 8.47. The third-order valence-electron chi connectivity index (χ3n) is 2.41. The summed E-state index contributed by atoms with van der Waals surface area (Å²) in [7, 11) is 0. The SMILES string of the molecule is OC(COCC(F)(F)F)c1csc2ccccc12. The average Bonchev–Trinajstić information content (AvgIpc) is 2.70. The van der Waals surface area contributed by atoms with Crippen LogP contribution in [-0.4, -0.2) is 24.5 Å². The number of thiophene rings is 1. The Morgan fingerprint density at radius 2 is 2.00 bits per heavy atom. The maximum atomic E-state index is 11.9. The molecule has 0 saturated heterocycles. The van der Waals surface area contributed by atoms with Crippen LogP contribution in [-0.2, 0) is 4.74 Å². The summed E-state index contributed by atoms with van der Waals surface area (Å²) >= 11 is 1.44. The minimum atomic E-state index is -4.36. The van der Waals surface area contributed by atoms with E-state index in [0.29, 0.717) is 5.56 Å². The van der Waals surface area contributed by atoms with Gasteiger partial charge in [0, 0.05) is 10.3 Å². The van der Waals surface area contributed by atoms with Gasteiger partial charge in [-0.3, -0.25) is 0 Å². The fourth-order valence-corrected chi connectivity index (χ4v) is 2.64. The third-order valence-corrected chi connectivity index (χ3v) is 3.39. The molecule has 6 heteroatoms. The Bertz CT molecular complexity index is 521. The van der Waals surface area contributed by atoms with E-state index in [4.69, 9.17) is 0 Å². The molecule has 0 aliphatic rings. The second-order valence-electron chi connectivity index (χ2n) is 3.83. The topological polar surface area (TPSA) is 29.5 Å². The Labute approximate surface area is 106 Å². The Morgan fingerprint density at radius 1 is 1.28 bits per heavy atom. The van der Waals surface area contributed by atoms with Crippen LogP contribution in [0, 0.1) is 0 Å². The van der Waals surface area contributed by atoms with E-state index >= 15 is 0 Å². The van der Waals surface area contributed by atoms with Gasteiger partial charge in [-0.1, -0.05) is 18.2 Å². The van der Waals surface area contributed by atoms with Gasteiger partial charge in [0.2, 0.25) is 0 Å². The predicted octanol–water partition coefficient (Wildman–Crippen LogP) is 3.51. The Balaban J connectivity index is 2.03. The van der Waals surface area contributed by atoms with E-state index in [0.717, 1.165) is 10.1 Å². The summed E-state index contributed by atoms with van der Waals surface area (Å²) in [6, 6.07) is 7.41. The Kier molecular flexibility index (Phi) is 3.89. The van der Waals surface area contributed by atoms with Crippen LogP contribution in [0.3, 0.4) is 0 Å². The van der Waals surface area contributed by atoms with Crippen molar-refractivity contribution in [1.29, 1.82) is 0 Å². The number of alkyl halides is 3. The van der Waals surface area contributed by atoms with Crippen LogP contribution in [0.1, 0.15) is 11.7 Å². The van der Waals surface area contributed by atoms with E-state index in [1.807, 2.05) is 24.3 Å². The lowest BCUT2D eigenvalue weighted by atomic mass is 10.1. The van der Waals surface area contributed by atoms with Crippen molar-refractivity contribution in [3.63, 3.8) is 0 Å². The number of aliphatic hydroxyl groups is 1. The maximum Gasteiger partial charge on any atom is 0.411 e. The van der Waals surface area contributed by atoms with Gasteiger partial charge in [-0.15, -0.1) is 11.3 Å². The molecule has 0 fully saturated rings. The molecule has 98 valence electrons. The highest BCUT2D eigenvalue weighted by Gasteiger charge is 2.28. The fraction of sp³-hybridized carbons (Fsp3) is 0.333. The van der Waals surface area contributed by atoms with Crippen LogP contribution < -0.4 is 0 Å². The van der Waals surface area contributed by atoms with Gasteiger partial charge in [-0.25, -0.2) is 0 Å². The Hall–Kier alpha value is -1.11. The quantitative estimate of drug-likeness (QED) is 0.926. The van der Waals surface area contributed by atoms with Crippen LogP contribution in [0.5, 0.6) is 0 Å². The monoisotopic (exact) mass is 276 g/mol. The van der Waals surface area contributed by atoms with Gasteiger partial charge in [0.15, 0.2) is 0 Å². The van der Waals surface area contributed by atoms with Crippen LogP contribution in [0.4, 0.5) is 13.2 Å². The van der Waals surface area contributed by atoms with E-state index in [9.17, 15) is 18.3 Å². The van der Waals surface area contributed by atoms with Crippen molar-refractivity contribution < 1.29 is 23.0 Å². The molecular formula is C12H11F3O2S. The zero-order valence-electron chi connectivity index (χ0n) is 9.28. The largest absolute Gasteiger partial charge is 0.411 e. The molecule has 0 aliphatic carbocycles. The second-order valence-corrected chi connectivity index (χ2v) is 4.74. The maximum absolute atomic E-state index is 11.9. The molecule has 0 bridgehead atoms. The Morgan fingerprint density at radius 3 is 2.72 bits per heavy atom. The minimum absolute atomic E-state index is 0.361. The van der Waals surface area contributed by atoms with Gasteiger partial charge < -0.3 is 9.84 Å². The fourth-order valence-electron chi connectivity index (χ4n) is 1.63. The molecule has 2 rings (SSSR count). The highest BCUT2D eigenvalue weighted by atomic mass is 32.1. The van der Waals surface area contributed by atoms with Crippen molar-refractivity contribution in [2.24, 2.45) is 0 Å². The summed E-state index contributed by atoms with van der Waals surface area (Å²) in [5.74, 6) is 0. The van der Waals surface area contributed by atoms with E-state index in [2.05, 4.69) is 4.74 Å². The molecular weight excluding hydrogens is 265 g/mol. The van der Waals surface area contributed by atoms with Gasteiger partial charge in [0.05, 0.1) is 6.61 Å². The minimum Gasteiger partial charge on any atom is -0.386 e. The summed E-state index contributed by atoms with van der Waals surface area (Å²) in [6.07, 6.45) is -5.40.